The van der Waals surface area contributed by atoms with Gasteiger partial charge in [0.25, 0.3) is 0 Å². The molecular weight excluding hydrogens is 187 g/mol. The van der Waals surface area contributed by atoms with Crippen LogP contribution in [0.2, 0.25) is 0 Å². The molecule has 0 aliphatic rings. The Bertz CT molecular complexity index is 246. The predicted octanol–water partition coefficient (Wildman–Crippen LogP) is 0.234. The molecule has 72 valence electrons. The van der Waals surface area contributed by atoms with Crippen molar-refractivity contribution in [2.75, 3.05) is 12.4 Å². The van der Waals surface area contributed by atoms with Gasteiger partial charge < -0.3 is 5.11 Å². The molecule has 4 nitrogen and oxygen atoms in total. The molecule has 0 bridgehead atoms. The Kier molecular flexibility index (Phi) is 4.16. The Labute approximate surface area is 70.3 Å². The van der Waals surface area contributed by atoms with E-state index < -0.39 is 33.5 Å². The molecule has 0 aromatic heterocycles. The molecule has 0 fully saturated rings. The molecule has 1 unspecified atom stereocenters. The minimum absolute atomic E-state index is 0.139. The first-order valence-corrected chi connectivity index (χ1v) is 5.13. The highest BCUT2D eigenvalue weighted by atomic mass is 32.2. The van der Waals surface area contributed by atoms with Crippen molar-refractivity contribution in [2.45, 2.75) is 18.6 Å². The number of alkyl halides is 1. The van der Waals surface area contributed by atoms with Crippen LogP contribution in [0.4, 0.5) is 4.39 Å². The van der Waals surface area contributed by atoms with Crippen LogP contribution < -0.4 is 0 Å². The number of aliphatic carboxylic acids is 1. The van der Waals surface area contributed by atoms with E-state index in [1.165, 1.54) is 0 Å². The quantitative estimate of drug-likeness (QED) is 0.686. The molecule has 0 radical (unpaired) electrons. The molecule has 0 rings (SSSR count). The number of carboxylic acids is 1. The number of hydrogen-bond donors (Lipinski definition) is 1. The number of sulfone groups is 1. The molecule has 0 saturated carbocycles. The van der Waals surface area contributed by atoms with E-state index in [0.29, 0.717) is 0 Å². The van der Waals surface area contributed by atoms with E-state index in [9.17, 15) is 17.6 Å². The zero-order valence-corrected chi connectivity index (χ0v) is 7.47. The molecule has 0 aliphatic heterocycles. The second-order valence-electron chi connectivity index (χ2n) is 2.39. The summed E-state index contributed by atoms with van der Waals surface area (Å²) in [6.45, 7) is 0.335. The van der Waals surface area contributed by atoms with Crippen LogP contribution in [-0.4, -0.2) is 37.2 Å². The van der Waals surface area contributed by atoms with Crippen LogP contribution in [-0.2, 0) is 14.6 Å². The zero-order valence-electron chi connectivity index (χ0n) is 6.66. The first-order valence-electron chi connectivity index (χ1n) is 3.42. The Morgan fingerprint density at radius 3 is 2.42 bits per heavy atom. The third-order valence-electron chi connectivity index (χ3n) is 1.45. The molecule has 1 N–H and O–H groups in total. The molecule has 0 heterocycles. The van der Waals surface area contributed by atoms with Crippen LogP contribution in [0.1, 0.15) is 13.3 Å². The highest BCUT2D eigenvalue weighted by Gasteiger charge is 2.26. The van der Waals surface area contributed by atoms with E-state index in [1.54, 1.807) is 0 Å². The Morgan fingerprint density at radius 1 is 1.58 bits per heavy atom. The standard InChI is InChI=1S/C6H11FO4S/c1-5(6(8)9)12(10,11)4-2-3-7/h5H,2-4H2,1H3,(H,8,9). The molecule has 0 aromatic carbocycles. The van der Waals surface area contributed by atoms with Crippen molar-refractivity contribution in [2.24, 2.45) is 0 Å². The first kappa shape index (κ1) is 11.4. The third-order valence-corrected chi connectivity index (χ3v) is 3.59. The summed E-state index contributed by atoms with van der Waals surface area (Å²) in [6, 6.07) is 0. The fraction of sp³-hybridized carbons (Fsp3) is 0.833. The van der Waals surface area contributed by atoms with Gasteiger partial charge in [-0.2, -0.15) is 0 Å². The summed E-state index contributed by atoms with van der Waals surface area (Å²) >= 11 is 0. The summed E-state index contributed by atoms with van der Waals surface area (Å²) in [5.74, 6) is -1.80. The average molecular weight is 198 g/mol. The van der Waals surface area contributed by atoms with Crippen LogP contribution >= 0.6 is 0 Å². The van der Waals surface area contributed by atoms with Gasteiger partial charge in [-0.1, -0.05) is 0 Å². The molecule has 1 atom stereocenters. The lowest BCUT2D eigenvalue weighted by Gasteiger charge is -2.06. The van der Waals surface area contributed by atoms with Crippen molar-refractivity contribution < 1.29 is 22.7 Å². The predicted molar refractivity (Wildman–Crippen MR) is 41.5 cm³/mol. The van der Waals surface area contributed by atoms with Gasteiger partial charge in [0.1, 0.15) is 0 Å². The van der Waals surface area contributed by atoms with E-state index in [0.717, 1.165) is 6.92 Å². The van der Waals surface area contributed by atoms with Gasteiger partial charge in [0.2, 0.25) is 0 Å². The maximum Gasteiger partial charge on any atom is 0.321 e. The number of carboxylic acid groups (broad SMARTS) is 1. The maximum absolute atomic E-state index is 11.6. The van der Waals surface area contributed by atoms with Crippen molar-refractivity contribution >= 4 is 15.8 Å². The van der Waals surface area contributed by atoms with Crippen LogP contribution in [0.25, 0.3) is 0 Å². The minimum Gasteiger partial charge on any atom is -0.480 e. The van der Waals surface area contributed by atoms with Gasteiger partial charge in [-0.3, -0.25) is 9.18 Å². The molecule has 12 heavy (non-hydrogen) atoms. The Balaban J connectivity index is 4.31. The Hall–Kier alpha value is -0.650. The summed E-state index contributed by atoms with van der Waals surface area (Å²) in [6.07, 6.45) is -0.139. The van der Waals surface area contributed by atoms with Gasteiger partial charge in [0.05, 0.1) is 12.4 Å². The van der Waals surface area contributed by atoms with Crippen molar-refractivity contribution in [3.8, 4) is 0 Å². The van der Waals surface area contributed by atoms with E-state index >= 15 is 0 Å². The van der Waals surface area contributed by atoms with Crippen LogP contribution in [0, 0.1) is 0 Å². The van der Waals surface area contributed by atoms with Crippen LogP contribution in [0.3, 0.4) is 0 Å². The molecule has 0 aromatic rings. The number of halogens is 1. The molecule has 0 spiro atoms. The number of rotatable bonds is 5. The third kappa shape index (κ3) is 3.17. The highest BCUT2D eigenvalue weighted by Crippen LogP contribution is 2.03. The van der Waals surface area contributed by atoms with Crippen LogP contribution in [0.15, 0.2) is 0 Å². The van der Waals surface area contributed by atoms with Crippen molar-refractivity contribution in [1.82, 2.24) is 0 Å². The van der Waals surface area contributed by atoms with Gasteiger partial charge >= 0.3 is 5.97 Å². The van der Waals surface area contributed by atoms with Crippen molar-refractivity contribution in [3.05, 3.63) is 0 Å². The average Bonchev–Trinajstić information content (AvgIpc) is 1.99. The van der Waals surface area contributed by atoms with Crippen molar-refractivity contribution in [1.29, 1.82) is 0 Å². The molecule has 0 aliphatic carbocycles. The van der Waals surface area contributed by atoms with Gasteiger partial charge in [-0.15, -0.1) is 0 Å². The van der Waals surface area contributed by atoms with E-state index in [1.807, 2.05) is 0 Å². The fourth-order valence-electron chi connectivity index (χ4n) is 0.586. The summed E-state index contributed by atoms with van der Waals surface area (Å²) in [4.78, 5) is 10.2. The molecular formula is C6H11FO4S. The second-order valence-corrected chi connectivity index (χ2v) is 4.83. The summed E-state index contributed by atoms with van der Waals surface area (Å²) in [5, 5.41) is 6.90. The lowest BCUT2D eigenvalue weighted by Crippen LogP contribution is -2.29. The second kappa shape index (κ2) is 4.39. The topological polar surface area (TPSA) is 71.4 Å². The van der Waals surface area contributed by atoms with Crippen molar-refractivity contribution in [3.63, 3.8) is 0 Å². The van der Waals surface area contributed by atoms with Gasteiger partial charge in [0, 0.05) is 0 Å². The summed E-state index contributed by atoms with van der Waals surface area (Å²) in [5.41, 5.74) is 0. The van der Waals surface area contributed by atoms with Gasteiger partial charge in [-0.05, 0) is 13.3 Å². The lowest BCUT2D eigenvalue weighted by atomic mass is 10.5. The Morgan fingerprint density at radius 2 is 2.08 bits per heavy atom. The minimum atomic E-state index is -3.66. The lowest BCUT2D eigenvalue weighted by molar-refractivity contribution is -0.136. The maximum atomic E-state index is 11.6. The zero-order chi connectivity index (χ0) is 9.78. The van der Waals surface area contributed by atoms with Crippen LogP contribution in [0.5, 0.6) is 0 Å². The molecule has 0 amide bonds. The smallest absolute Gasteiger partial charge is 0.321 e. The first-order chi connectivity index (χ1) is 5.41. The normalized spacial score (nSPS) is 14.2. The number of hydrogen-bond acceptors (Lipinski definition) is 3. The number of carbonyl (C=O) groups is 1. The van der Waals surface area contributed by atoms with Gasteiger partial charge in [-0.25, -0.2) is 8.42 Å². The summed E-state index contributed by atoms with van der Waals surface area (Å²) in [7, 11) is -3.66. The fourth-order valence-corrected chi connectivity index (χ4v) is 1.76. The largest absolute Gasteiger partial charge is 0.480 e. The summed E-state index contributed by atoms with van der Waals surface area (Å²) < 4.78 is 33.5. The molecule has 6 heteroatoms. The van der Waals surface area contributed by atoms with E-state index in [2.05, 4.69) is 0 Å². The van der Waals surface area contributed by atoms with Gasteiger partial charge in [0.15, 0.2) is 15.1 Å². The van der Waals surface area contributed by atoms with E-state index in [4.69, 9.17) is 5.11 Å². The molecule has 0 saturated heterocycles. The SMILES string of the molecule is CC(C(=O)O)S(=O)(=O)CCCF. The van der Waals surface area contributed by atoms with E-state index in [-0.39, 0.29) is 6.42 Å². The highest BCUT2D eigenvalue weighted by molar-refractivity contribution is 7.92. The monoisotopic (exact) mass is 198 g/mol.